The van der Waals surface area contributed by atoms with Crippen molar-refractivity contribution in [3.8, 4) is 5.75 Å². The summed E-state index contributed by atoms with van der Waals surface area (Å²) in [6.07, 6.45) is 0.105. The van der Waals surface area contributed by atoms with E-state index in [9.17, 15) is 9.90 Å². The van der Waals surface area contributed by atoms with Crippen molar-refractivity contribution < 1.29 is 9.90 Å². The van der Waals surface area contributed by atoms with E-state index in [-0.39, 0.29) is 18.1 Å². The van der Waals surface area contributed by atoms with E-state index in [1.807, 2.05) is 0 Å². The fourth-order valence-electron chi connectivity index (χ4n) is 1.67. The fourth-order valence-corrected chi connectivity index (χ4v) is 2.01. The summed E-state index contributed by atoms with van der Waals surface area (Å²) in [6.45, 7) is 0. The first kappa shape index (κ1) is 13.4. The molecule has 2 aromatic rings. The second-order valence-corrected chi connectivity index (χ2v) is 4.95. The van der Waals surface area contributed by atoms with Crippen molar-refractivity contribution in [1.29, 1.82) is 0 Å². The number of amides is 1. The number of aromatic hydroxyl groups is 1. The van der Waals surface area contributed by atoms with Gasteiger partial charge in [-0.2, -0.15) is 0 Å². The number of anilines is 2. The van der Waals surface area contributed by atoms with Gasteiger partial charge in [-0.15, -0.1) is 0 Å². The van der Waals surface area contributed by atoms with Gasteiger partial charge in [0, 0.05) is 15.7 Å². The molecule has 4 nitrogen and oxygen atoms in total. The Morgan fingerprint density at radius 3 is 2.74 bits per heavy atom. The summed E-state index contributed by atoms with van der Waals surface area (Å²) in [5.41, 5.74) is 7.43. The van der Waals surface area contributed by atoms with Crippen LogP contribution in [0, 0.1) is 0 Å². The molecule has 0 aliphatic rings. The molecule has 2 aromatic carbocycles. The van der Waals surface area contributed by atoms with Crippen LogP contribution in [0.4, 0.5) is 11.4 Å². The largest absolute Gasteiger partial charge is 0.508 e. The van der Waals surface area contributed by atoms with Crippen molar-refractivity contribution in [1.82, 2.24) is 0 Å². The summed E-state index contributed by atoms with van der Waals surface area (Å²) in [6, 6.07) is 11.9. The molecule has 98 valence electrons. The van der Waals surface area contributed by atoms with E-state index in [1.54, 1.807) is 42.5 Å². The Balaban J connectivity index is 2.10. The maximum Gasteiger partial charge on any atom is 0.228 e. The average Bonchev–Trinajstić information content (AvgIpc) is 2.37. The molecule has 0 aromatic heterocycles. The van der Waals surface area contributed by atoms with Crippen molar-refractivity contribution >= 4 is 33.2 Å². The maximum atomic E-state index is 11.9. The number of carbonyl (C=O) groups excluding carboxylic acids is 1. The highest BCUT2D eigenvalue weighted by atomic mass is 79.9. The highest BCUT2D eigenvalue weighted by Gasteiger charge is 2.09. The van der Waals surface area contributed by atoms with Crippen molar-refractivity contribution in [2.45, 2.75) is 6.42 Å². The molecule has 0 aliphatic carbocycles. The highest BCUT2D eigenvalue weighted by molar-refractivity contribution is 9.10. The molecule has 0 bridgehead atoms. The predicted octanol–water partition coefficient (Wildman–Crippen LogP) is 2.92. The number of phenols is 1. The van der Waals surface area contributed by atoms with Gasteiger partial charge in [0.15, 0.2) is 0 Å². The number of carbonyl (C=O) groups is 1. The van der Waals surface area contributed by atoms with Crippen LogP contribution in [0.25, 0.3) is 0 Å². The van der Waals surface area contributed by atoms with Gasteiger partial charge in [0.2, 0.25) is 5.91 Å². The van der Waals surface area contributed by atoms with Gasteiger partial charge in [-0.1, -0.05) is 18.2 Å². The third-order valence-electron chi connectivity index (χ3n) is 2.61. The Hall–Kier alpha value is -2.01. The van der Waals surface area contributed by atoms with Gasteiger partial charge >= 0.3 is 0 Å². The number of phenolic OH excluding ortho intramolecular Hbond substituents is 1. The van der Waals surface area contributed by atoms with Gasteiger partial charge in [0.1, 0.15) is 5.75 Å². The zero-order valence-electron chi connectivity index (χ0n) is 10.1. The molecule has 1 amide bonds. The molecular weight excluding hydrogens is 308 g/mol. The van der Waals surface area contributed by atoms with Crippen molar-refractivity contribution in [3.63, 3.8) is 0 Å². The maximum absolute atomic E-state index is 11.9. The molecule has 19 heavy (non-hydrogen) atoms. The summed E-state index contributed by atoms with van der Waals surface area (Å²) in [7, 11) is 0. The number of nitrogens with two attached hydrogens (primary N) is 1. The molecule has 0 saturated carbocycles. The molecule has 0 fully saturated rings. The van der Waals surface area contributed by atoms with Crippen LogP contribution >= 0.6 is 15.9 Å². The van der Waals surface area contributed by atoms with E-state index >= 15 is 0 Å². The molecule has 0 radical (unpaired) electrons. The van der Waals surface area contributed by atoms with Crippen LogP contribution in [0.3, 0.4) is 0 Å². The molecule has 4 N–H and O–H groups in total. The van der Waals surface area contributed by atoms with Gasteiger partial charge in [-0.25, -0.2) is 0 Å². The zero-order chi connectivity index (χ0) is 13.8. The quantitative estimate of drug-likeness (QED) is 0.761. The number of halogens is 1. The monoisotopic (exact) mass is 320 g/mol. The zero-order valence-corrected chi connectivity index (χ0v) is 11.6. The number of nitrogen functional groups attached to an aromatic ring is 1. The lowest BCUT2D eigenvalue weighted by Crippen LogP contribution is -2.15. The fraction of sp³-hybridized carbons (Fsp3) is 0.0714. The third-order valence-corrected chi connectivity index (χ3v) is 3.30. The third kappa shape index (κ3) is 3.48. The number of rotatable bonds is 3. The number of hydrogen-bond donors (Lipinski definition) is 3. The van der Waals surface area contributed by atoms with Crippen molar-refractivity contribution in [2.24, 2.45) is 0 Å². The van der Waals surface area contributed by atoms with E-state index in [0.717, 1.165) is 4.47 Å². The van der Waals surface area contributed by atoms with E-state index in [1.165, 1.54) is 0 Å². The van der Waals surface area contributed by atoms with Crippen LogP contribution in [-0.4, -0.2) is 11.0 Å². The normalized spacial score (nSPS) is 10.2. The lowest BCUT2D eigenvalue weighted by atomic mass is 10.1. The van der Waals surface area contributed by atoms with Gasteiger partial charge < -0.3 is 16.2 Å². The van der Waals surface area contributed by atoms with Gasteiger partial charge in [0.05, 0.1) is 12.1 Å². The summed E-state index contributed by atoms with van der Waals surface area (Å²) in [4.78, 5) is 11.9. The smallest absolute Gasteiger partial charge is 0.228 e. The minimum Gasteiger partial charge on any atom is -0.508 e. The van der Waals surface area contributed by atoms with Crippen LogP contribution in [0.1, 0.15) is 5.56 Å². The number of benzene rings is 2. The highest BCUT2D eigenvalue weighted by Crippen LogP contribution is 2.25. The molecule has 0 unspecified atom stereocenters. The van der Waals surface area contributed by atoms with E-state index < -0.39 is 0 Å². The summed E-state index contributed by atoms with van der Waals surface area (Å²) < 4.78 is 0.757. The minimum atomic E-state index is -0.215. The standard InChI is InChI=1S/C14H13BrN2O2/c15-11-6-5-10(16)8-12(11)17-14(19)7-9-3-1-2-4-13(9)18/h1-6,8,18H,7,16H2,(H,17,19). The summed E-state index contributed by atoms with van der Waals surface area (Å²) >= 11 is 3.34. The van der Waals surface area contributed by atoms with Crippen LogP contribution in [0.5, 0.6) is 5.75 Å². The summed E-state index contributed by atoms with van der Waals surface area (Å²) in [5, 5.41) is 12.4. The Morgan fingerprint density at radius 2 is 2.00 bits per heavy atom. The lowest BCUT2D eigenvalue weighted by molar-refractivity contribution is -0.115. The molecule has 2 rings (SSSR count). The van der Waals surface area contributed by atoms with E-state index in [2.05, 4.69) is 21.2 Å². The Kier molecular flexibility index (Phi) is 4.06. The first-order valence-electron chi connectivity index (χ1n) is 5.68. The SMILES string of the molecule is Nc1ccc(Br)c(NC(=O)Cc2ccccc2O)c1. The van der Waals surface area contributed by atoms with Gasteiger partial charge in [-0.3, -0.25) is 4.79 Å². The topological polar surface area (TPSA) is 75.3 Å². The molecule has 0 heterocycles. The van der Waals surface area contributed by atoms with Gasteiger partial charge in [-0.05, 0) is 40.2 Å². The van der Waals surface area contributed by atoms with E-state index in [4.69, 9.17) is 5.73 Å². The second kappa shape index (κ2) is 5.75. The van der Waals surface area contributed by atoms with Crippen LogP contribution in [-0.2, 0) is 11.2 Å². The molecular formula is C14H13BrN2O2. The number of para-hydroxylation sites is 1. The first-order valence-corrected chi connectivity index (χ1v) is 6.47. The molecule has 0 aliphatic heterocycles. The average molecular weight is 321 g/mol. The first-order chi connectivity index (χ1) is 9.06. The molecule has 5 heteroatoms. The van der Waals surface area contributed by atoms with Gasteiger partial charge in [0.25, 0.3) is 0 Å². The van der Waals surface area contributed by atoms with Crippen LogP contribution in [0.15, 0.2) is 46.9 Å². The predicted molar refractivity (Wildman–Crippen MR) is 79.0 cm³/mol. The molecule has 0 spiro atoms. The Morgan fingerprint density at radius 1 is 1.26 bits per heavy atom. The van der Waals surface area contributed by atoms with E-state index in [0.29, 0.717) is 16.9 Å². The molecule has 0 atom stereocenters. The lowest BCUT2D eigenvalue weighted by Gasteiger charge is -2.09. The summed E-state index contributed by atoms with van der Waals surface area (Å²) in [5.74, 6) is -0.0999. The van der Waals surface area contributed by atoms with Crippen LogP contribution in [0.2, 0.25) is 0 Å². The second-order valence-electron chi connectivity index (χ2n) is 4.09. The van der Waals surface area contributed by atoms with Crippen LogP contribution < -0.4 is 11.1 Å². The molecule has 0 saturated heterocycles. The Bertz CT molecular complexity index is 614. The van der Waals surface area contributed by atoms with Crippen molar-refractivity contribution in [2.75, 3.05) is 11.1 Å². The number of nitrogens with one attached hydrogen (secondary N) is 1. The number of hydrogen-bond acceptors (Lipinski definition) is 3. The Labute approximate surface area is 119 Å². The minimum absolute atomic E-state index is 0.105. The van der Waals surface area contributed by atoms with Crippen molar-refractivity contribution in [3.05, 3.63) is 52.5 Å².